The molecule has 1 aliphatic heterocycles. The lowest BCUT2D eigenvalue weighted by Gasteiger charge is -2.20. The molecule has 0 saturated heterocycles. The molecule has 0 radical (unpaired) electrons. The summed E-state index contributed by atoms with van der Waals surface area (Å²) in [6, 6.07) is 6.24. The number of pyridine rings is 1. The van der Waals surface area contributed by atoms with Crippen LogP contribution in [0.2, 0.25) is 0 Å². The van der Waals surface area contributed by atoms with Crippen LogP contribution in [-0.2, 0) is 28.9 Å². The highest BCUT2D eigenvalue weighted by atomic mass is 19.4. The van der Waals surface area contributed by atoms with Gasteiger partial charge in [-0.1, -0.05) is 6.07 Å². The second-order valence-electron chi connectivity index (χ2n) is 7.25. The van der Waals surface area contributed by atoms with E-state index in [-0.39, 0.29) is 5.91 Å². The third-order valence-electron chi connectivity index (χ3n) is 4.86. The van der Waals surface area contributed by atoms with Gasteiger partial charge >= 0.3 is 12.1 Å². The van der Waals surface area contributed by atoms with Crippen molar-refractivity contribution in [3.8, 4) is 0 Å². The first-order valence-corrected chi connectivity index (χ1v) is 9.81. The summed E-state index contributed by atoms with van der Waals surface area (Å²) in [7, 11) is 0. The Kier molecular flexibility index (Phi) is 7.03. The molecule has 1 amide bonds. The molecule has 3 heterocycles. The Morgan fingerprint density at radius 2 is 1.84 bits per heavy atom. The Balaban J connectivity index is 0.000000339. The number of nitrogens with one attached hydrogen (secondary N) is 1. The van der Waals surface area contributed by atoms with E-state index >= 15 is 0 Å². The molecule has 0 bridgehead atoms. The second-order valence-corrected chi connectivity index (χ2v) is 7.25. The molecule has 11 heteroatoms. The minimum absolute atomic E-state index is 0.131. The average molecular weight is 437 g/mol. The zero-order chi connectivity index (χ0) is 22.4. The smallest absolute Gasteiger partial charge is 0.475 e. The van der Waals surface area contributed by atoms with Crippen LogP contribution in [0, 0.1) is 0 Å². The van der Waals surface area contributed by atoms with Crippen LogP contribution in [-0.4, -0.2) is 62.1 Å². The van der Waals surface area contributed by atoms with Crippen LogP contribution in [0.15, 0.2) is 30.7 Å². The third kappa shape index (κ3) is 6.63. The number of rotatable bonds is 4. The zero-order valence-corrected chi connectivity index (χ0v) is 16.6. The van der Waals surface area contributed by atoms with Gasteiger partial charge in [0.15, 0.2) is 0 Å². The normalized spacial score (nSPS) is 15.8. The Labute approximate surface area is 176 Å². The number of aromatic nitrogens is 3. The van der Waals surface area contributed by atoms with E-state index in [1.807, 2.05) is 23.1 Å². The van der Waals surface area contributed by atoms with Crippen molar-refractivity contribution in [2.75, 3.05) is 18.4 Å². The first kappa shape index (κ1) is 22.4. The van der Waals surface area contributed by atoms with Crippen LogP contribution in [0.3, 0.4) is 0 Å². The van der Waals surface area contributed by atoms with Crippen molar-refractivity contribution in [2.24, 2.45) is 0 Å². The van der Waals surface area contributed by atoms with Gasteiger partial charge in [0.05, 0.1) is 12.1 Å². The van der Waals surface area contributed by atoms with E-state index in [0.717, 1.165) is 30.0 Å². The van der Waals surface area contributed by atoms with Gasteiger partial charge in [0.1, 0.15) is 12.1 Å². The molecule has 0 atom stereocenters. The molecule has 2 N–H and O–H groups in total. The van der Waals surface area contributed by atoms with E-state index in [4.69, 9.17) is 9.90 Å². The number of aliphatic carboxylic acids is 1. The summed E-state index contributed by atoms with van der Waals surface area (Å²) >= 11 is 0. The molecule has 0 unspecified atom stereocenters. The number of carboxylic acid groups (broad SMARTS) is 1. The van der Waals surface area contributed by atoms with Gasteiger partial charge in [-0.25, -0.2) is 14.8 Å². The number of alkyl halides is 3. The van der Waals surface area contributed by atoms with Gasteiger partial charge in [0.2, 0.25) is 5.91 Å². The molecule has 31 heavy (non-hydrogen) atoms. The van der Waals surface area contributed by atoms with Crippen LogP contribution < -0.4 is 5.32 Å². The van der Waals surface area contributed by atoms with Crippen molar-refractivity contribution in [3.63, 3.8) is 0 Å². The number of hydrogen-bond donors (Lipinski definition) is 2. The van der Waals surface area contributed by atoms with Crippen LogP contribution in [0.5, 0.6) is 0 Å². The Bertz CT molecular complexity index is 920. The number of amides is 1. The van der Waals surface area contributed by atoms with Gasteiger partial charge < -0.3 is 15.3 Å². The lowest BCUT2D eigenvalue weighted by Crippen LogP contribution is -2.34. The summed E-state index contributed by atoms with van der Waals surface area (Å²) in [6.45, 7) is 1.42. The van der Waals surface area contributed by atoms with Gasteiger partial charge in [-0.15, -0.1) is 0 Å². The highest BCUT2D eigenvalue weighted by Gasteiger charge is 2.38. The lowest BCUT2D eigenvalue weighted by molar-refractivity contribution is -0.192. The van der Waals surface area contributed by atoms with Crippen molar-refractivity contribution < 1.29 is 27.9 Å². The molecular formula is C20H22F3N5O3. The van der Waals surface area contributed by atoms with Crippen molar-refractivity contribution in [3.05, 3.63) is 47.7 Å². The molecule has 4 rings (SSSR count). The largest absolute Gasteiger partial charge is 0.490 e. The maximum absolute atomic E-state index is 12.6. The Hall–Kier alpha value is -3.24. The number of carboxylic acids is 1. The van der Waals surface area contributed by atoms with E-state index in [0.29, 0.717) is 25.6 Å². The molecule has 1 saturated carbocycles. The van der Waals surface area contributed by atoms with Crippen molar-refractivity contribution >= 4 is 17.7 Å². The van der Waals surface area contributed by atoms with Crippen LogP contribution in [0.25, 0.3) is 0 Å². The maximum Gasteiger partial charge on any atom is 0.490 e. The van der Waals surface area contributed by atoms with Crippen LogP contribution >= 0.6 is 0 Å². The molecule has 0 aromatic carbocycles. The fraction of sp³-hybridized carbons (Fsp3) is 0.450. The molecule has 1 aliphatic carbocycles. The van der Waals surface area contributed by atoms with Crippen LogP contribution in [0.4, 0.5) is 19.0 Å². The summed E-state index contributed by atoms with van der Waals surface area (Å²) in [5, 5.41) is 10.6. The third-order valence-corrected chi connectivity index (χ3v) is 4.86. The van der Waals surface area contributed by atoms with E-state index in [9.17, 15) is 18.0 Å². The molecular weight excluding hydrogens is 415 g/mol. The van der Waals surface area contributed by atoms with Crippen molar-refractivity contribution in [2.45, 2.75) is 44.3 Å². The van der Waals surface area contributed by atoms with Crippen molar-refractivity contribution in [1.29, 1.82) is 0 Å². The van der Waals surface area contributed by atoms with Gasteiger partial charge in [-0.3, -0.25) is 9.78 Å². The average Bonchev–Trinajstić information content (AvgIpc) is 3.55. The predicted octanol–water partition coefficient (Wildman–Crippen LogP) is 2.25. The SMILES string of the molecule is O=C(Cc1ccccn1)N1CCc2ncnc(NC3CC3)c2CC1.O=C(O)C(F)(F)F. The van der Waals surface area contributed by atoms with Gasteiger partial charge in [-0.2, -0.15) is 13.2 Å². The summed E-state index contributed by atoms with van der Waals surface area (Å²) in [4.78, 5) is 36.5. The topological polar surface area (TPSA) is 108 Å². The summed E-state index contributed by atoms with van der Waals surface area (Å²) in [6.07, 6.45) is 2.66. The van der Waals surface area contributed by atoms with Gasteiger partial charge in [0.25, 0.3) is 0 Å². The summed E-state index contributed by atoms with van der Waals surface area (Å²) in [5.41, 5.74) is 3.07. The number of halogens is 3. The fourth-order valence-electron chi connectivity index (χ4n) is 3.09. The summed E-state index contributed by atoms with van der Waals surface area (Å²) in [5.74, 6) is -1.67. The lowest BCUT2D eigenvalue weighted by atomic mass is 10.1. The second kappa shape index (κ2) is 9.71. The first-order valence-electron chi connectivity index (χ1n) is 9.81. The number of nitrogens with zero attached hydrogens (tertiary/aromatic N) is 4. The molecule has 0 spiro atoms. The molecule has 2 aromatic heterocycles. The summed E-state index contributed by atoms with van der Waals surface area (Å²) < 4.78 is 31.7. The molecule has 1 fully saturated rings. The Morgan fingerprint density at radius 3 is 2.45 bits per heavy atom. The van der Waals surface area contributed by atoms with Crippen molar-refractivity contribution in [1.82, 2.24) is 19.9 Å². The standard InChI is InChI=1S/C18H21N5O.C2HF3O2/c24-17(11-14-3-1-2-8-19-14)23-9-6-15-16(7-10-23)20-12-21-18(15)22-13-4-5-13;3-2(4,5)1(6)7/h1-3,8,12-13H,4-7,9-11H2,(H,20,21,22);(H,6,7). The van der Waals surface area contributed by atoms with E-state index in [1.165, 1.54) is 18.4 Å². The molecule has 166 valence electrons. The highest BCUT2D eigenvalue weighted by molar-refractivity contribution is 5.78. The number of carbonyl (C=O) groups is 2. The zero-order valence-electron chi connectivity index (χ0n) is 16.6. The monoisotopic (exact) mass is 437 g/mol. The molecule has 2 aromatic rings. The quantitative estimate of drug-likeness (QED) is 0.755. The van der Waals surface area contributed by atoms with E-state index in [1.54, 1.807) is 12.5 Å². The first-order chi connectivity index (χ1) is 14.7. The highest BCUT2D eigenvalue weighted by Crippen LogP contribution is 2.27. The number of anilines is 1. The van der Waals surface area contributed by atoms with E-state index < -0.39 is 12.1 Å². The Morgan fingerprint density at radius 1 is 1.13 bits per heavy atom. The molecule has 2 aliphatic rings. The maximum atomic E-state index is 12.6. The molecule has 8 nitrogen and oxygen atoms in total. The van der Waals surface area contributed by atoms with Crippen LogP contribution in [0.1, 0.15) is 29.8 Å². The van der Waals surface area contributed by atoms with Gasteiger partial charge in [0, 0.05) is 43.0 Å². The minimum Gasteiger partial charge on any atom is -0.475 e. The minimum atomic E-state index is -5.08. The van der Waals surface area contributed by atoms with E-state index in [2.05, 4.69) is 20.3 Å². The number of fused-ring (bicyclic) bond motifs is 1. The van der Waals surface area contributed by atoms with Gasteiger partial charge in [-0.05, 0) is 31.4 Å². The number of carbonyl (C=O) groups excluding carboxylic acids is 1. The predicted molar refractivity (Wildman–Crippen MR) is 104 cm³/mol. The fourth-order valence-corrected chi connectivity index (χ4v) is 3.09. The number of hydrogen-bond acceptors (Lipinski definition) is 6.